The molecule has 3 aromatic rings. The third-order valence-electron chi connectivity index (χ3n) is 4.32. The molecule has 5 nitrogen and oxygen atoms in total. The lowest BCUT2D eigenvalue weighted by molar-refractivity contribution is 0.0715. The van der Waals surface area contributed by atoms with Gasteiger partial charge in [-0.15, -0.1) is 0 Å². The molecule has 1 saturated heterocycles. The molecule has 0 unspecified atom stereocenters. The van der Waals surface area contributed by atoms with Crippen molar-refractivity contribution in [1.29, 1.82) is 0 Å². The van der Waals surface area contributed by atoms with E-state index >= 15 is 0 Å². The summed E-state index contributed by atoms with van der Waals surface area (Å²) >= 11 is 6.14. The van der Waals surface area contributed by atoms with Gasteiger partial charge in [-0.2, -0.15) is 0 Å². The summed E-state index contributed by atoms with van der Waals surface area (Å²) in [4.78, 5) is 20.8. The van der Waals surface area contributed by atoms with Gasteiger partial charge in [-0.1, -0.05) is 11.6 Å². The summed E-state index contributed by atoms with van der Waals surface area (Å²) in [6.07, 6.45) is 3.34. The second-order valence-corrected chi connectivity index (χ2v) is 6.18. The van der Waals surface area contributed by atoms with Gasteiger partial charge >= 0.3 is 0 Å². The maximum atomic E-state index is 12.3. The number of hydrogen-bond acceptors (Lipinski definition) is 4. The number of halogens is 1. The van der Waals surface area contributed by atoms with Crippen LogP contribution in [-0.4, -0.2) is 42.0 Å². The zero-order chi connectivity index (χ0) is 16.5. The summed E-state index contributed by atoms with van der Waals surface area (Å²) in [5, 5.41) is 1.74. The van der Waals surface area contributed by atoms with E-state index in [4.69, 9.17) is 16.0 Å². The minimum absolute atomic E-state index is 0.0534. The Bertz CT molecular complexity index is 871. The molecule has 122 valence electrons. The summed E-state index contributed by atoms with van der Waals surface area (Å²) in [6.45, 7) is 2.84. The molecule has 24 heavy (non-hydrogen) atoms. The second kappa shape index (κ2) is 6.17. The van der Waals surface area contributed by atoms with E-state index in [0.717, 1.165) is 29.7 Å². The lowest BCUT2D eigenvalue weighted by Gasteiger charge is -2.36. The monoisotopic (exact) mass is 341 g/mol. The van der Waals surface area contributed by atoms with Gasteiger partial charge in [0, 0.05) is 48.5 Å². The first-order chi connectivity index (χ1) is 11.7. The van der Waals surface area contributed by atoms with Crippen LogP contribution < -0.4 is 4.90 Å². The van der Waals surface area contributed by atoms with Crippen LogP contribution in [0.15, 0.2) is 53.3 Å². The van der Waals surface area contributed by atoms with E-state index in [1.807, 2.05) is 35.4 Å². The Balaban J connectivity index is 1.54. The zero-order valence-electron chi connectivity index (χ0n) is 13.0. The molecule has 1 aliphatic rings. The Hall–Kier alpha value is -2.53. The van der Waals surface area contributed by atoms with Crippen LogP contribution in [0.4, 0.5) is 5.69 Å². The van der Waals surface area contributed by atoms with Crippen LogP contribution in [0.25, 0.3) is 10.9 Å². The number of pyridine rings is 1. The number of nitrogens with zero attached hydrogens (tertiary/aromatic N) is 3. The molecule has 4 rings (SSSR count). The van der Waals surface area contributed by atoms with Crippen LogP contribution in [0, 0.1) is 0 Å². The topological polar surface area (TPSA) is 49.6 Å². The summed E-state index contributed by atoms with van der Waals surface area (Å²) in [6, 6.07) is 11.2. The number of carbonyl (C=O) groups excluding carboxylic acids is 1. The third kappa shape index (κ3) is 2.71. The van der Waals surface area contributed by atoms with Gasteiger partial charge < -0.3 is 14.2 Å². The number of rotatable bonds is 2. The Labute approximate surface area is 144 Å². The summed E-state index contributed by atoms with van der Waals surface area (Å²) in [7, 11) is 0. The number of piperazine rings is 1. The maximum absolute atomic E-state index is 12.3. The van der Waals surface area contributed by atoms with Crippen LogP contribution >= 0.6 is 11.6 Å². The van der Waals surface area contributed by atoms with Gasteiger partial charge in [-0.25, -0.2) is 0 Å². The van der Waals surface area contributed by atoms with E-state index < -0.39 is 0 Å². The Morgan fingerprint density at radius 1 is 1.12 bits per heavy atom. The van der Waals surface area contributed by atoms with Crippen molar-refractivity contribution in [3.05, 3.63) is 59.6 Å². The summed E-state index contributed by atoms with van der Waals surface area (Å²) in [5.41, 5.74) is 2.03. The van der Waals surface area contributed by atoms with E-state index in [1.54, 1.807) is 12.1 Å². The van der Waals surface area contributed by atoms with Crippen LogP contribution in [0.1, 0.15) is 10.6 Å². The number of anilines is 1. The van der Waals surface area contributed by atoms with Crippen LogP contribution in [0.5, 0.6) is 0 Å². The number of furan rings is 1. The van der Waals surface area contributed by atoms with Gasteiger partial charge in [0.05, 0.1) is 11.8 Å². The minimum atomic E-state index is -0.0534. The number of hydrogen-bond donors (Lipinski definition) is 0. The molecule has 0 atom stereocenters. The van der Waals surface area contributed by atoms with Gasteiger partial charge in [0.25, 0.3) is 5.91 Å². The molecule has 0 radical (unpaired) electrons. The first kappa shape index (κ1) is 15.0. The predicted molar refractivity (Wildman–Crippen MR) is 93.6 cm³/mol. The van der Waals surface area contributed by atoms with E-state index in [-0.39, 0.29) is 5.91 Å². The first-order valence-corrected chi connectivity index (χ1v) is 8.22. The van der Waals surface area contributed by atoms with Crippen molar-refractivity contribution in [2.75, 3.05) is 31.1 Å². The van der Waals surface area contributed by atoms with Crippen molar-refractivity contribution in [2.24, 2.45) is 0 Å². The highest BCUT2D eigenvalue weighted by Crippen LogP contribution is 2.28. The van der Waals surface area contributed by atoms with Gasteiger partial charge in [-0.3, -0.25) is 9.78 Å². The standard InChI is InChI=1S/C18H16ClN3O2/c19-13-3-4-15-14(12-13)16(5-6-20-15)21-7-9-22(10-8-21)18(23)17-2-1-11-24-17/h1-6,11-12H,7-10H2. The highest BCUT2D eigenvalue weighted by atomic mass is 35.5. The number of fused-ring (bicyclic) bond motifs is 1. The number of benzene rings is 1. The molecule has 1 aliphatic heterocycles. The molecular formula is C18H16ClN3O2. The van der Waals surface area contributed by atoms with Crippen molar-refractivity contribution in [2.45, 2.75) is 0 Å². The highest BCUT2D eigenvalue weighted by molar-refractivity contribution is 6.31. The molecule has 0 saturated carbocycles. The van der Waals surface area contributed by atoms with E-state index in [2.05, 4.69) is 9.88 Å². The average Bonchev–Trinajstić information content (AvgIpc) is 3.15. The molecule has 1 amide bonds. The lowest BCUT2D eigenvalue weighted by atomic mass is 10.1. The van der Waals surface area contributed by atoms with E-state index in [1.165, 1.54) is 6.26 Å². The van der Waals surface area contributed by atoms with Crippen molar-refractivity contribution in [1.82, 2.24) is 9.88 Å². The molecule has 2 aromatic heterocycles. The van der Waals surface area contributed by atoms with Gasteiger partial charge in [-0.05, 0) is 36.4 Å². The zero-order valence-corrected chi connectivity index (χ0v) is 13.7. The quantitative estimate of drug-likeness (QED) is 0.716. The van der Waals surface area contributed by atoms with Crippen molar-refractivity contribution in [3.8, 4) is 0 Å². The molecule has 6 heteroatoms. The van der Waals surface area contributed by atoms with Crippen molar-refractivity contribution in [3.63, 3.8) is 0 Å². The van der Waals surface area contributed by atoms with Crippen molar-refractivity contribution < 1.29 is 9.21 Å². The maximum Gasteiger partial charge on any atom is 0.289 e. The van der Waals surface area contributed by atoms with Gasteiger partial charge in [0.2, 0.25) is 0 Å². The smallest absolute Gasteiger partial charge is 0.289 e. The molecule has 3 heterocycles. The SMILES string of the molecule is O=C(c1ccco1)N1CCN(c2ccnc3ccc(Cl)cc23)CC1. The fourth-order valence-electron chi connectivity index (χ4n) is 3.09. The van der Waals surface area contributed by atoms with Gasteiger partial charge in [0.1, 0.15) is 0 Å². The molecule has 0 N–H and O–H groups in total. The third-order valence-corrected chi connectivity index (χ3v) is 4.56. The summed E-state index contributed by atoms with van der Waals surface area (Å²) < 4.78 is 5.20. The fourth-order valence-corrected chi connectivity index (χ4v) is 3.26. The molecule has 1 aromatic carbocycles. The predicted octanol–water partition coefficient (Wildman–Crippen LogP) is 3.44. The Morgan fingerprint density at radius 3 is 2.71 bits per heavy atom. The minimum Gasteiger partial charge on any atom is -0.459 e. The molecule has 0 bridgehead atoms. The molecule has 0 spiro atoms. The molecular weight excluding hydrogens is 326 g/mol. The second-order valence-electron chi connectivity index (χ2n) is 5.75. The largest absolute Gasteiger partial charge is 0.459 e. The normalized spacial score (nSPS) is 15.0. The summed E-state index contributed by atoms with van der Waals surface area (Å²) in [5.74, 6) is 0.340. The first-order valence-electron chi connectivity index (χ1n) is 7.84. The Morgan fingerprint density at radius 2 is 1.96 bits per heavy atom. The highest BCUT2D eigenvalue weighted by Gasteiger charge is 2.24. The molecule has 0 aliphatic carbocycles. The number of aromatic nitrogens is 1. The number of carbonyl (C=O) groups is 1. The van der Waals surface area contributed by atoms with E-state index in [9.17, 15) is 4.79 Å². The van der Waals surface area contributed by atoms with Gasteiger partial charge in [0.15, 0.2) is 5.76 Å². The van der Waals surface area contributed by atoms with Crippen LogP contribution in [0.2, 0.25) is 5.02 Å². The fraction of sp³-hybridized carbons (Fsp3) is 0.222. The van der Waals surface area contributed by atoms with Crippen LogP contribution in [-0.2, 0) is 0 Å². The molecule has 1 fully saturated rings. The van der Waals surface area contributed by atoms with E-state index in [0.29, 0.717) is 23.9 Å². The number of amides is 1. The lowest BCUT2D eigenvalue weighted by Crippen LogP contribution is -2.48. The van der Waals surface area contributed by atoms with Crippen LogP contribution in [0.3, 0.4) is 0 Å². The Kier molecular flexibility index (Phi) is 3.86. The average molecular weight is 342 g/mol. The van der Waals surface area contributed by atoms with Crippen molar-refractivity contribution >= 4 is 34.1 Å².